The summed E-state index contributed by atoms with van der Waals surface area (Å²) in [6, 6.07) is 6.28. The molecule has 29 heavy (non-hydrogen) atoms. The first-order valence-corrected chi connectivity index (χ1v) is 10.4. The number of carbonyl (C=O) groups is 1. The molecule has 1 aliphatic heterocycles. The fourth-order valence-corrected chi connectivity index (χ4v) is 4.05. The van der Waals surface area contributed by atoms with Crippen molar-refractivity contribution in [3.8, 4) is 5.75 Å². The second-order valence-electron chi connectivity index (χ2n) is 8.34. The number of methoxy groups -OCH3 is 1. The standard InChI is InChI=1S/C22H33N5O2/c1-15(2)12-19(23-17(4)28)22-25-24-21-8-9-26(10-11-27(21)22)14-18-6-7-20(29-5)16(3)13-18/h6-7,13,15,19H,8-12,14H2,1-5H3,(H,23,28). The van der Waals surface area contributed by atoms with Gasteiger partial charge < -0.3 is 14.6 Å². The van der Waals surface area contributed by atoms with Crippen molar-refractivity contribution in [2.24, 2.45) is 5.92 Å². The van der Waals surface area contributed by atoms with E-state index in [1.54, 1.807) is 14.0 Å². The van der Waals surface area contributed by atoms with Crippen molar-refractivity contribution in [3.63, 3.8) is 0 Å². The molecule has 1 aromatic heterocycles. The molecule has 1 aliphatic rings. The lowest BCUT2D eigenvalue weighted by Gasteiger charge is -2.22. The highest BCUT2D eigenvalue weighted by Gasteiger charge is 2.25. The van der Waals surface area contributed by atoms with E-state index in [2.05, 4.69) is 57.9 Å². The van der Waals surface area contributed by atoms with Gasteiger partial charge in [0, 0.05) is 39.5 Å². The molecular formula is C22H33N5O2. The minimum atomic E-state index is -0.0930. The maximum atomic E-state index is 11.7. The topological polar surface area (TPSA) is 72.3 Å². The van der Waals surface area contributed by atoms with Gasteiger partial charge in [-0.2, -0.15) is 0 Å². The molecule has 1 atom stereocenters. The zero-order valence-electron chi connectivity index (χ0n) is 18.2. The third-order valence-electron chi connectivity index (χ3n) is 5.41. The van der Waals surface area contributed by atoms with E-state index >= 15 is 0 Å². The first kappa shape index (κ1) is 21.3. The van der Waals surface area contributed by atoms with Gasteiger partial charge in [-0.3, -0.25) is 9.69 Å². The summed E-state index contributed by atoms with van der Waals surface area (Å²) in [6.45, 7) is 11.6. The maximum absolute atomic E-state index is 11.7. The van der Waals surface area contributed by atoms with E-state index in [0.717, 1.165) is 62.0 Å². The van der Waals surface area contributed by atoms with Crippen molar-refractivity contribution in [3.05, 3.63) is 41.0 Å². The first-order chi connectivity index (χ1) is 13.9. The van der Waals surface area contributed by atoms with Gasteiger partial charge in [-0.1, -0.05) is 26.0 Å². The fraction of sp³-hybridized carbons (Fsp3) is 0.591. The van der Waals surface area contributed by atoms with Crippen molar-refractivity contribution in [1.82, 2.24) is 25.0 Å². The molecule has 0 bridgehead atoms. The van der Waals surface area contributed by atoms with E-state index in [1.807, 2.05) is 6.07 Å². The number of fused-ring (bicyclic) bond motifs is 1. The van der Waals surface area contributed by atoms with Gasteiger partial charge in [-0.15, -0.1) is 10.2 Å². The maximum Gasteiger partial charge on any atom is 0.217 e. The highest BCUT2D eigenvalue weighted by Crippen LogP contribution is 2.23. The average molecular weight is 400 g/mol. The Kier molecular flexibility index (Phi) is 6.90. The summed E-state index contributed by atoms with van der Waals surface area (Å²) in [5.74, 6) is 3.24. The summed E-state index contributed by atoms with van der Waals surface area (Å²) in [7, 11) is 1.71. The lowest BCUT2D eigenvalue weighted by Crippen LogP contribution is -2.31. The van der Waals surface area contributed by atoms with Crippen LogP contribution in [0.5, 0.6) is 5.75 Å². The van der Waals surface area contributed by atoms with Crippen LogP contribution in [0.3, 0.4) is 0 Å². The van der Waals surface area contributed by atoms with Crippen LogP contribution in [0.25, 0.3) is 0 Å². The second-order valence-corrected chi connectivity index (χ2v) is 8.34. The number of rotatable bonds is 7. The molecule has 3 rings (SSSR count). The van der Waals surface area contributed by atoms with Crippen LogP contribution in [-0.2, 0) is 24.3 Å². The molecule has 2 aromatic rings. The van der Waals surface area contributed by atoms with Gasteiger partial charge in [-0.05, 0) is 36.5 Å². The Hall–Kier alpha value is -2.41. The number of hydrogen-bond donors (Lipinski definition) is 1. The summed E-state index contributed by atoms with van der Waals surface area (Å²) in [5, 5.41) is 12.0. The molecule has 2 heterocycles. The molecule has 0 saturated carbocycles. The third kappa shape index (κ3) is 5.35. The Balaban J connectivity index is 1.71. The number of benzene rings is 1. The number of hydrogen-bond acceptors (Lipinski definition) is 5. The van der Waals surface area contributed by atoms with E-state index in [1.165, 1.54) is 5.56 Å². The highest BCUT2D eigenvalue weighted by atomic mass is 16.5. The first-order valence-electron chi connectivity index (χ1n) is 10.4. The van der Waals surface area contributed by atoms with Crippen LogP contribution in [0.2, 0.25) is 0 Å². The predicted molar refractivity (Wildman–Crippen MR) is 113 cm³/mol. The van der Waals surface area contributed by atoms with Crippen molar-refractivity contribution < 1.29 is 9.53 Å². The van der Waals surface area contributed by atoms with Crippen LogP contribution in [0.15, 0.2) is 18.2 Å². The number of carbonyl (C=O) groups excluding carboxylic acids is 1. The molecule has 0 fully saturated rings. The molecule has 1 unspecified atom stereocenters. The van der Waals surface area contributed by atoms with Gasteiger partial charge in [0.15, 0.2) is 5.82 Å². The predicted octanol–water partition coefficient (Wildman–Crippen LogP) is 2.88. The van der Waals surface area contributed by atoms with Gasteiger partial charge >= 0.3 is 0 Å². The molecule has 0 saturated heterocycles. The van der Waals surface area contributed by atoms with Crippen LogP contribution < -0.4 is 10.1 Å². The van der Waals surface area contributed by atoms with Gasteiger partial charge in [0.1, 0.15) is 11.6 Å². The molecule has 0 radical (unpaired) electrons. The van der Waals surface area contributed by atoms with E-state index in [9.17, 15) is 4.79 Å². The molecule has 1 N–H and O–H groups in total. The third-order valence-corrected chi connectivity index (χ3v) is 5.41. The number of nitrogens with one attached hydrogen (secondary N) is 1. The number of ether oxygens (including phenoxy) is 1. The molecule has 1 aromatic carbocycles. The molecule has 158 valence electrons. The van der Waals surface area contributed by atoms with Gasteiger partial charge in [0.25, 0.3) is 0 Å². The quantitative estimate of drug-likeness (QED) is 0.775. The molecule has 0 spiro atoms. The van der Waals surface area contributed by atoms with E-state index < -0.39 is 0 Å². The smallest absolute Gasteiger partial charge is 0.217 e. The Bertz CT molecular complexity index is 846. The minimum Gasteiger partial charge on any atom is -0.496 e. The zero-order valence-corrected chi connectivity index (χ0v) is 18.2. The molecule has 0 aliphatic carbocycles. The van der Waals surface area contributed by atoms with Crippen LogP contribution in [0.4, 0.5) is 0 Å². The van der Waals surface area contributed by atoms with Gasteiger partial charge in [0.05, 0.1) is 13.2 Å². The summed E-state index contributed by atoms with van der Waals surface area (Å²) in [4.78, 5) is 14.2. The number of nitrogens with zero attached hydrogens (tertiary/aromatic N) is 4. The summed E-state index contributed by atoms with van der Waals surface area (Å²) < 4.78 is 7.58. The highest BCUT2D eigenvalue weighted by molar-refractivity contribution is 5.73. The van der Waals surface area contributed by atoms with Gasteiger partial charge in [-0.25, -0.2) is 0 Å². The molecule has 7 heteroatoms. The van der Waals surface area contributed by atoms with Crippen molar-refractivity contribution in [2.75, 3.05) is 20.2 Å². The summed E-state index contributed by atoms with van der Waals surface area (Å²) in [6.07, 6.45) is 1.71. The van der Waals surface area contributed by atoms with Crippen LogP contribution in [-0.4, -0.2) is 45.8 Å². The summed E-state index contributed by atoms with van der Waals surface area (Å²) >= 11 is 0. The number of aromatic nitrogens is 3. The molecule has 7 nitrogen and oxygen atoms in total. The molecular weight excluding hydrogens is 366 g/mol. The normalized spacial score (nSPS) is 15.7. The Morgan fingerprint density at radius 1 is 1.24 bits per heavy atom. The largest absolute Gasteiger partial charge is 0.496 e. The average Bonchev–Trinajstić information content (AvgIpc) is 2.95. The van der Waals surface area contributed by atoms with Crippen molar-refractivity contribution in [1.29, 1.82) is 0 Å². The lowest BCUT2D eigenvalue weighted by molar-refractivity contribution is -0.119. The Morgan fingerprint density at radius 3 is 2.69 bits per heavy atom. The van der Waals surface area contributed by atoms with Crippen LogP contribution in [0, 0.1) is 12.8 Å². The zero-order chi connectivity index (χ0) is 21.0. The Labute approximate surface area is 173 Å². The van der Waals surface area contributed by atoms with Gasteiger partial charge in [0.2, 0.25) is 5.91 Å². The van der Waals surface area contributed by atoms with E-state index in [4.69, 9.17) is 4.74 Å². The van der Waals surface area contributed by atoms with E-state index in [0.29, 0.717) is 5.92 Å². The monoisotopic (exact) mass is 399 g/mol. The fourth-order valence-electron chi connectivity index (χ4n) is 4.05. The summed E-state index contributed by atoms with van der Waals surface area (Å²) in [5.41, 5.74) is 2.45. The SMILES string of the molecule is COc1ccc(CN2CCc3nnc(C(CC(C)C)NC(C)=O)n3CC2)cc1C. The molecule has 1 amide bonds. The second kappa shape index (κ2) is 9.39. The Morgan fingerprint density at radius 2 is 2.03 bits per heavy atom. The van der Waals surface area contributed by atoms with Crippen molar-refractivity contribution >= 4 is 5.91 Å². The van der Waals surface area contributed by atoms with Crippen LogP contribution >= 0.6 is 0 Å². The van der Waals surface area contributed by atoms with Crippen LogP contribution in [0.1, 0.15) is 56.0 Å². The number of amides is 1. The minimum absolute atomic E-state index is 0.0295. The van der Waals surface area contributed by atoms with Crippen molar-refractivity contribution in [2.45, 2.75) is 59.7 Å². The number of aryl methyl sites for hydroxylation is 1. The lowest BCUT2D eigenvalue weighted by atomic mass is 10.0. The van der Waals surface area contributed by atoms with E-state index in [-0.39, 0.29) is 11.9 Å².